The fraction of sp³-hybridized carbons (Fsp3) is 0.294. The average molecular weight is 379 g/mol. The van der Waals surface area contributed by atoms with Crippen molar-refractivity contribution in [3.05, 3.63) is 53.4 Å². The lowest BCUT2D eigenvalue weighted by atomic mass is 10.2. The zero-order valence-electron chi connectivity index (χ0n) is 14.5. The topological polar surface area (TPSA) is 85.8 Å². The molecule has 0 aliphatic rings. The Kier molecular flexibility index (Phi) is 5.24. The van der Waals surface area contributed by atoms with E-state index in [1.807, 2.05) is 0 Å². The summed E-state index contributed by atoms with van der Waals surface area (Å²) >= 11 is 0. The molecule has 10 heteroatoms. The number of aryl methyl sites for hydroxylation is 1. The molecule has 0 spiro atoms. The van der Waals surface area contributed by atoms with Crippen molar-refractivity contribution in [3.8, 4) is 11.4 Å². The Bertz CT molecular complexity index is 954. The summed E-state index contributed by atoms with van der Waals surface area (Å²) < 4.78 is 45.1. The molecule has 142 valence electrons. The van der Waals surface area contributed by atoms with Crippen LogP contribution in [0.1, 0.15) is 47.9 Å². The van der Waals surface area contributed by atoms with Crippen molar-refractivity contribution in [3.63, 3.8) is 0 Å². The third-order valence-electron chi connectivity index (χ3n) is 3.89. The number of hydrogen-bond acceptors (Lipinski definition) is 5. The second-order valence-corrected chi connectivity index (χ2v) is 5.78. The van der Waals surface area contributed by atoms with Crippen LogP contribution in [0.4, 0.5) is 13.2 Å². The first kappa shape index (κ1) is 18.6. The van der Waals surface area contributed by atoms with Crippen molar-refractivity contribution < 1.29 is 22.5 Å². The summed E-state index contributed by atoms with van der Waals surface area (Å²) in [6.45, 7) is 1.78. The molecule has 0 aliphatic heterocycles. The van der Waals surface area contributed by atoms with E-state index >= 15 is 0 Å². The largest absolute Gasteiger partial charge is 0.339 e. The highest BCUT2D eigenvalue weighted by atomic mass is 19.3. The molecule has 7 nitrogen and oxygen atoms in total. The molecule has 1 aromatic carbocycles. The van der Waals surface area contributed by atoms with Crippen molar-refractivity contribution in [1.82, 2.24) is 25.2 Å². The molecule has 1 atom stereocenters. The first-order valence-corrected chi connectivity index (χ1v) is 8.11. The zero-order chi connectivity index (χ0) is 19.6. The van der Waals surface area contributed by atoms with E-state index < -0.39 is 29.9 Å². The summed E-state index contributed by atoms with van der Waals surface area (Å²) in [6.07, 6.45) is -2.36. The van der Waals surface area contributed by atoms with E-state index in [4.69, 9.17) is 4.52 Å². The summed E-state index contributed by atoms with van der Waals surface area (Å²) in [5.41, 5.74) is -0.0742. The number of rotatable bonds is 6. The van der Waals surface area contributed by atoms with Crippen molar-refractivity contribution in [2.24, 2.45) is 7.05 Å². The van der Waals surface area contributed by atoms with E-state index in [9.17, 15) is 18.0 Å². The molecule has 0 bridgehead atoms. The molecule has 0 saturated heterocycles. The monoisotopic (exact) mass is 379 g/mol. The van der Waals surface area contributed by atoms with Crippen molar-refractivity contribution in [1.29, 1.82) is 0 Å². The zero-order valence-corrected chi connectivity index (χ0v) is 14.5. The minimum Gasteiger partial charge on any atom is -0.339 e. The summed E-state index contributed by atoms with van der Waals surface area (Å²) in [4.78, 5) is 16.6. The quantitative estimate of drug-likeness (QED) is 0.709. The van der Waals surface area contributed by atoms with Gasteiger partial charge in [0.1, 0.15) is 23.2 Å². The van der Waals surface area contributed by atoms with Gasteiger partial charge >= 0.3 is 0 Å². The van der Waals surface area contributed by atoms with Gasteiger partial charge in [-0.3, -0.25) is 9.48 Å². The Balaban J connectivity index is 1.79. The summed E-state index contributed by atoms with van der Waals surface area (Å²) in [5.74, 6) is -0.737. The number of amides is 1. The van der Waals surface area contributed by atoms with Gasteiger partial charge in [-0.1, -0.05) is 24.2 Å². The molecule has 3 rings (SSSR count). The fourth-order valence-electron chi connectivity index (χ4n) is 2.50. The van der Waals surface area contributed by atoms with Gasteiger partial charge in [0.15, 0.2) is 0 Å². The van der Waals surface area contributed by atoms with Crippen molar-refractivity contribution in [2.75, 3.05) is 0 Å². The number of aromatic nitrogens is 4. The number of alkyl halides is 2. The van der Waals surface area contributed by atoms with E-state index in [1.165, 1.54) is 25.2 Å². The molecule has 0 saturated carbocycles. The van der Waals surface area contributed by atoms with Crippen LogP contribution in [0.2, 0.25) is 0 Å². The van der Waals surface area contributed by atoms with Crippen molar-refractivity contribution >= 4 is 5.91 Å². The maximum atomic E-state index is 13.3. The Morgan fingerprint density at radius 3 is 2.74 bits per heavy atom. The van der Waals surface area contributed by atoms with E-state index in [2.05, 4.69) is 20.6 Å². The Morgan fingerprint density at radius 1 is 1.33 bits per heavy atom. The molecule has 0 aliphatic carbocycles. The number of carbonyl (C=O) groups excluding carboxylic acids is 1. The Morgan fingerprint density at radius 2 is 2.11 bits per heavy atom. The third kappa shape index (κ3) is 3.99. The SMILES string of the molecule is CC[C@H](NC(=O)c1cc(C(F)F)nn1C)c1nc(-c2cccc(F)c2)no1. The van der Waals surface area contributed by atoms with Gasteiger partial charge < -0.3 is 9.84 Å². The minimum atomic E-state index is -2.77. The highest BCUT2D eigenvalue weighted by Crippen LogP contribution is 2.22. The van der Waals surface area contributed by atoms with E-state index in [-0.39, 0.29) is 17.4 Å². The highest BCUT2D eigenvalue weighted by Gasteiger charge is 2.24. The van der Waals surface area contributed by atoms with Crippen LogP contribution in [0.25, 0.3) is 11.4 Å². The lowest BCUT2D eigenvalue weighted by Gasteiger charge is -2.12. The van der Waals surface area contributed by atoms with Crippen LogP contribution in [0.15, 0.2) is 34.9 Å². The summed E-state index contributed by atoms with van der Waals surface area (Å²) in [5, 5.41) is 10.1. The average Bonchev–Trinajstić information content (AvgIpc) is 3.26. The van der Waals surface area contributed by atoms with Gasteiger partial charge in [0.25, 0.3) is 12.3 Å². The number of nitrogens with zero attached hydrogens (tertiary/aromatic N) is 4. The van der Waals surface area contributed by atoms with Crippen molar-refractivity contribution in [2.45, 2.75) is 25.8 Å². The van der Waals surface area contributed by atoms with Gasteiger partial charge in [0, 0.05) is 12.6 Å². The molecular formula is C17H16F3N5O2. The summed E-state index contributed by atoms with van der Waals surface area (Å²) in [7, 11) is 1.40. The predicted molar refractivity (Wildman–Crippen MR) is 88.4 cm³/mol. The molecule has 0 unspecified atom stereocenters. The van der Waals surface area contributed by atoms with Crippen LogP contribution in [-0.2, 0) is 7.05 Å². The molecule has 27 heavy (non-hydrogen) atoms. The Hall–Kier alpha value is -3.17. The van der Waals surface area contributed by atoms with E-state index in [0.29, 0.717) is 12.0 Å². The van der Waals surface area contributed by atoms with Gasteiger partial charge in [0.2, 0.25) is 11.7 Å². The molecule has 0 fully saturated rings. The first-order chi connectivity index (χ1) is 12.9. The van der Waals surface area contributed by atoms with Crippen LogP contribution in [0.5, 0.6) is 0 Å². The molecular weight excluding hydrogens is 363 g/mol. The second-order valence-electron chi connectivity index (χ2n) is 5.78. The van der Waals surface area contributed by atoms with Gasteiger partial charge in [-0.25, -0.2) is 13.2 Å². The molecule has 2 heterocycles. The van der Waals surface area contributed by atoms with Gasteiger partial charge in [-0.05, 0) is 24.6 Å². The van der Waals surface area contributed by atoms with Crippen LogP contribution in [-0.4, -0.2) is 25.8 Å². The normalized spacial score (nSPS) is 12.4. The molecule has 1 amide bonds. The minimum absolute atomic E-state index is 0.0198. The lowest BCUT2D eigenvalue weighted by molar-refractivity contribution is 0.0917. The lowest BCUT2D eigenvalue weighted by Crippen LogP contribution is -2.30. The third-order valence-corrected chi connectivity index (χ3v) is 3.89. The number of carbonyl (C=O) groups is 1. The van der Waals surface area contributed by atoms with Crippen LogP contribution >= 0.6 is 0 Å². The smallest absolute Gasteiger partial charge is 0.282 e. The maximum absolute atomic E-state index is 13.3. The van der Waals surface area contributed by atoms with Crippen LogP contribution in [0.3, 0.4) is 0 Å². The van der Waals surface area contributed by atoms with Crippen LogP contribution in [0, 0.1) is 5.82 Å². The van der Waals surface area contributed by atoms with Gasteiger partial charge in [-0.2, -0.15) is 10.1 Å². The van der Waals surface area contributed by atoms with Gasteiger partial charge in [0.05, 0.1) is 0 Å². The fourth-order valence-corrected chi connectivity index (χ4v) is 2.50. The van der Waals surface area contributed by atoms with Crippen LogP contribution < -0.4 is 5.32 Å². The standard InChI is InChI=1S/C17H16F3N5O2/c1-3-11(21-16(26)13-8-12(14(19)20)23-25(13)2)17-22-15(24-27-17)9-5-4-6-10(18)7-9/h4-8,11,14H,3H2,1-2H3,(H,21,26)/t11-/m0/s1. The number of halogens is 3. The molecule has 2 aromatic heterocycles. The van der Waals surface area contributed by atoms with E-state index in [0.717, 1.165) is 10.7 Å². The molecule has 0 radical (unpaired) electrons. The molecule has 3 aromatic rings. The van der Waals surface area contributed by atoms with E-state index in [1.54, 1.807) is 13.0 Å². The number of benzene rings is 1. The Labute approximate surface area is 152 Å². The van der Waals surface area contributed by atoms with Gasteiger partial charge in [-0.15, -0.1) is 0 Å². The number of nitrogens with one attached hydrogen (secondary N) is 1. The highest BCUT2D eigenvalue weighted by molar-refractivity contribution is 5.92. The summed E-state index contributed by atoms with van der Waals surface area (Å²) in [6, 6.07) is 6.08. The number of hydrogen-bond donors (Lipinski definition) is 1. The first-order valence-electron chi connectivity index (χ1n) is 8.11. The predicted octanol–water partition coefficient (Wildman–Crippen LogP) is 3.43. The maximum Gasteiger partial charge on any atom is 0.282 e. The molecule has 1 N–H and O–H groups in total. The second kappa shape index (κ2) is 7.60.